The van der Waals surface area contributed by atoms with E-state index in [0.717, 1.165) is 5.76 Å². The number of aryl methyl sites for hydroxylation is 1. The predicted octanol–water partition coefficient (Wildman–Crippen LogP) is 2.08. The second-order valence-corrected chi connectivity index (χ2v) is 4.19. The second-order valence-electron chi connectivity index (χ2n) is 4.19. The average Bonchev–Trinajstić information content (AvgIpc) is 2.84. The predicted molar refractivity (Wildman–Crippen MR) is 73.0 cm³/mol. The van der Waals surface area contributed by atoms with Gasteiger partial charge in [0.25, 0.3) is 0 Å². The Kier molecular flexibility index (Phi) is 2.79. The second kappa shape index (κ2) is 4.61. The van der Waals surface area contributed by atoms with Gasteiger partial charge in [-0.05, 0) is 31.2 Å². The van der Waals surface area contributed by atoms with Crippen molar-refractivity contribution in [2.75, 3.05) is 5.32 Å². The van der Waals surface area contributed by atoms with Crippen LogP contribution in [0.4, 0.5) is 10.6 Å². The van der Waals surface area contributed by atoms with Gasteiger partial charge in [0.05, 0.1) is 6.20 Å². The van der Waals surface area contributed by atoms with E-state index in [1.165, 1.54) is 0 Å². The van der Waals surface area contributed by atoms with E-state index in [1.54, 1.807) is 18.3 Å². The number of anilines is 1. The van der Waals surface area contributed by atoms with Crippen LogP contribution < -0.4 is 11.1 Å². The number of fused-ring (bicyclic) bond motifs is 1. The molecular weight excluding hydrogens is 258 g/mol. The first-order valence-corrected chi connectivity index (χ1v) is 5.89. The summed E-state index contributed by atoms with van der Waals surface area (Å²) in [5.41, 5.74) is 6.65. The van der Waals surface area contributed by atoms with Crippen LogP contribution in [0.3, 0.4) is 0 Å². The highest BCUT2D eigenvalue weighted by molar-refractivity contribution is 5.88. The van der Waals surface area contributed by atoms with E-state index in [2.05, 4.69) is 20.3 Å². The van der Waals surface area contributed by atoms with Crippen LogP contribution in [0.1, 0.15) is 5.76 Å². The van der Waals surface area contributed by atoms with E-state index in [9.17, 15) is 4.79 Å². The van der Waals surface area contributed by atoms with Crippen LogP contribution >= 0.6 is 0 Å². The van der Waals surface area contributed by atoms with Crippen LogP contribution in [0.5, 0.6) is 0 Å². The van der Waals surface area contributed by atoms with E-state index in [4.69, 9.17) is 10.2 Å². The van der Waals surface area contributed by atoms with Gasteiger partial charge in [-0.3, -0.25) is 10.3 Å². The van der Waals surface area contributed by atoms with Gasteiger partial charge in [-0.2, -0.15) is 0 Å². The van der Waals surface area contributed by atoms with Crippen LogP contribution in [0.25, 0.3) is 22.6 Å². The minimum absolute atomic E-state index is 0.326. The van der Waals surface area contributed by atoms with Gasteiger partial charge in [-0.1, -0.05) is 0 Å². The number of nitrogens with one attached hydrogen (secondary N) is 1. The first-order chi connectivity index (χ1) is 9.61. The molecule has 3 N–H and O–H groups in total. The number of urea groups is 1. The maximum Gasteiger partial charge on any atom is 0.317 e. The molecule has 2 amide bonds. The number of primary amides is 1. The Hall–Kier alpha value is -2.96. The minimum Gasteiger partial charge on any atom is -0.460 e. The molecule has 0 aliphatic heterocycles. The Bertz CT molecular complexity index is 796. The van der Waals surface area contributed by atoms with Gasteiger partial charge in [0, 0.05) is 0 Å². The number of nitrogens with zero attached hydrogens (tertiary/aromatic N) is 3. The van der Waals surface area contributed by atoms with E-state index in [-0.39, 0.29) is 0 Å². The standard InChI is InChI=1S/C13H11N5O2/c1-7-2-4-10(20-7)9-6-15-8-3-5-11(18-13(14)19)17-12(8)16-9/h2-6H,1H3,(H3,14,16,17,18,19). The van der Waals surface area contributed by atoms with Crippen molar-refractivity contribution in [1.29, 1.82) is 0 Å². The highest BCUT2D eigenvalue weighted by Crippen LogP contribution is 2.21. The Balaban J connectivity index is 2.06. The quantitative estimate of drug-likeness (QED) is 0.740. The number of rotatable bonds is 2. The summed E-state index contributed by atoms with van der Waals surface area (Å²) in [6.45, 7) is 1.85. The molecule has 0 saturated carbocycles. The first-order valence-electron chi connectivity index (χ1n) is 5.89. The van der Waals surface area contributed by atoms with Crippen LogP contribution in [-0.2, 0) is 0 Å². The summed E-state index contributed by atoms with van der Waals surface area (Å²) in [6, 6.07) is 6.30. The number of hydrogen-bond donors (Lipinski definition) is 2. The summed E-state index contributed by atoms with van der Waals surface area (Å²) >= 11 is 0. The van der Waals surface area contributed by atoms with Gasteiger partial charge < -0.3 is 10.2 Å². The maximum absolute atomic E-state index is 10.8. The molecule has 100 valence electrons. The third-order valence-electron chi connectivity index (χ3n) is 2.65. The lowest BCUT2D eigenvalue weighted by Gasteiger charge is -2.03. The molecule has 0 radical (unpaired) electrons. The highest BCUT2D eigenvalue weighted by atomic mass is 16.3. The largest absolute Gasteiger partial charge is 0.460 e. The molecule has 0 unspecified atom stereocenters. The third kappa shape index (κ3) is 2.28. The number of amides is 2. The Labute approximate surface area is 113 Å². The van der Waals surface area contributed by atoms with E-state index in [1.807, 2.05) is 19.1 Å². The molecule has 0 spiro atoms. The van der Waals surface area contributed by atoms with E-state index < -0.39 is 6.03 Å². The lowest BCUT2D eigenvalue weighted by molar-refractivity contribution is 0.259. The summed E-state index contributed by atoms with van der Waals surface area (Å²) in [7, 11) is 0. The zero-order valence-corrected chi connectivity index (χ0v) is 10.6. The molecule has 3 rings (SSSR count). The zero-order chi connectivity index (χ0) is 14.1. The van der Waals surface area contributed by atoms with Crippen LogP contribution in [0, 0.1) is 6.92 Å². The summed E-state index contributed by atoms with van der Waals surface area (Å²) in [4.78, 5) is 23.6. The normalized spacial score (nSPS) is 10.7. The topological polar surface area (TPSA) is 107 Å². The van der Waals surface area contributed by atoms with Crippen molar-refractivity contribution >= 4 is 23.0 Å². The lowest BCUT2D eigenvalue weighted by atomic mass is 10.3. The number of nitrogens with two attached hydrogens (primary N) is 1. The maximum atomic E-state index is 10.8. The molecule has 0 atom stereocenters. The van der Waals surface area contributed by atoms with Crippen molar-refractivity contribution in [2.24, 2.45) is 5.73 Å². The molecule has 0 saturated heterocycles. The molecule has 0 aliphatic rings. The van der Waals surface area contributed by atoms with Crippen molar-refractivity contribution < 1.29 is 9.21 Å². The first kappa shape index (κ1) is 12.1. The van der Waals surface area contributed by atoms with E-state index >= 15 is 0 Å². The molecule has 7 heteroatoms. The molecule has 0 fully saturated rings. The molecule has 0 aromatic carbocycles. The van der Waals surface area contributed by atoms with Crippen molar-refractivity contribution in [3.63, 3.8) is 0 Å². The van der Waals surface area contributed by atoms with Gasteiger partial charge in [0.2, 0.25) is 0 Å². The smallest absolute Gasteiger partial charge is 0.317 e. The highest BCUT2D eigenvalue weighted by Gasteiger charge is 2.08. The third-order valence-corrected chi connectivity index (χ3v) is 2.65. The van der Waals surface area contributed by atoms with Crippen molar-refractivity contribution in [1.82, 2.24) is 15.0 Å². The van der Waals surface area contributed by atoms with E-state index in [0.29, 0.717) is 28.4 Å². The number of aromatic nitrogens is 3. The summed E-state index contributed by atoms with van der Waals surface area (Å²) in [5.74, 6) is 1.73. The molecule has 3 aromatic heterocycles. The number of pyridine rings is 1. The number of hydrogen-bond acceptors (Lipinski definition) is 5. The molecular formula is C13H11N5O2. The molecule has 20 heavy (non-hydrogen) atoms. The van der Waals surface area contributed by atoms with Crippen LogP contribution in [0.2, 0.25) is 0 Å². The van der Waals surface area contributed by atoms with Gasteiger partial charge in [-0.15, -0.1) is 0 Å². The Morgan fingerprint density at radius 2 is 2.10 bits per heavy atom. The number of furan rings is 1. The fourth-order valence-electron chi connectivity index (χ4n) is 1.78. The summed E-state index contributed by atoms with van der Waals surface area (Å²) in [6.07, 6.45) is 1.61. The van der Waals surface area contributed by atoms with Crippen LogP contribution in [-0.4, -0.2) is 21.0 Å². The molecule has 0 bridgehead atoms. The average molecular weight is 269 g/mol. The summed E-state index contributed by atoms with van der Waals surface area (Å²) < 4.78 is 5.49. The van der Waals surface area contributed by atoms with Gasteiger partial charge >= 0.3 is 6.03 Å². The molecule has 0 aliphatic carbocycles. The molecule has 3 heterocycles. The van der Waals surface area contributed by atoms with Gasteiger partial charge in [0.15, 0.2) is 11.4 Å². The Morgan fingerprint density at radius 3 is 2.80 bits per heavy atom. The monoisotopic (exact) mass is 269 g/mol. The van der Waals surface area contributed by atoms with Gasteiger partial charge in [-0.25, -0.2) is 14.8 Å². The SMILES string of the molecule is Cc1ccc(-c2cnc3ccc(NC(N)=O)nc3n2)o1. The van der Waals surface area contributed by atoms with Crippen LogP contribution in [0.15, 0.2) is 34.9 Å². The number of carbonyl (C=O) groups is 1. The molecule has 7 nitrogen and oxygen atoms in total. The lowest BCUT2D eigenvalue weighted by Crippen LogP contribution is -2.20. The minimum atomic E-state index is -0.678. The Morgan fingerprint density at radius 1 is 1.25 bits per heavy atom. The van der Waals surface area contributed by atoms with Crippen molar-refractivity contribution in [3.05, 3.63) is 36.2 Å². The van der Waals surface area contributed by atoms with Crippen molar-refractivity contribution in [2.45, 2.75) is 6.92 Å². The zero-order valence-electron chi connectivity index (χ0n) is 10.6. The van der Waals surface area contributed by atoms with Gasteiger partial charge in [0.1, 0.15) is 22.8 Å². The fourth-order valence-corrected chi connectivity index (χ4v) is 1.78. The fraction of sp³-hybridized carbons (Fsp3) is 0.0769. The van der Waals surface area contributed by atoms with Crippen molar-refractivity contribution in [3.8, 4) is 11.5 Å². The molecule has 3 aromatic rings. The number of carbonyl (C=O) groups excluding carboxylic acids is 1. The summed E-state index contributed by atoms with van der Waals surface area (Å²) in [5, 5.41) is 2.40.